The summed E-state index contributed by atoms with van der Waals surface area (Å²) in [6, 6.07) is 0. The van der Waals surface area contributed by atoms with Gasteiger partial charge in [-0.2, -0.15) is 0 Å². The first-order chi connectivity index (χ1) is 6.17. The molecule has 76 valence electrons. The van der Waals surface area contributed by atoms with Crippen molar-refractivity contribution in [1.29, 1.82) is 0 Å². The smallest absolute Gasteiger partial charge is 0.190 e. The number of hydrogen-bond acceptors (Lipinski definition) is 1. The van der Waals surface area contributed by atoms with Crippen LogP contribution in [0.2, 0.25) is 0 Å². The molecular formula is C10H21N3. The Kier molecular flexibility index (Phi) is 3.17. The molecule has 2 N–H and O–H groups in total. The summed E-state index contributed by atoms with van der Waals surface area (Å²) < 4.78 is 0. The van der Waals surface area contributed by atoms with Gasteiger partial charge in [0.25, 0.3) is 0 Å². The number of likely N-dealkylation sites (tertiary alicyclic amines) is 1. The van der Waals surface area contributed by atoms with Crippen LogP contribution in [0.25, 0.3) is 0 Å². The maximum atomic E-state index is 5.78. The van der Waals surface area contributed by atoms with E-state index in [1.807, 2.05) is 0 Å². The molecule has 0 unspecified atom stereocenters. The van der Waals surface area contributed by atoms with Crippen LogP contribution in [0.1, 0.15) is 33.1 Å². The van der Waals surface area contributed by atoms with Gasteiger partial charge in [0, 0.05) is 20.1 Å². The van der Waals surface area contributed by atoms with Crippen molar-refractivity contribution in [2.24, 2.45) is 16.1 Å². The highest BCUT2D eigenvalue weighted by Gasteiger charge is 2.35. The maximum absolute atomic E-state index is 5.78. The predicted octanol–water partition coefficient (Wildman–Crippen LogP) is 1.44. The van der Waals surface area contributed by atoms with E-state index in [1.54, 1.807) is 7.05 Å². The molecule has 0 radical (unpaired) electrons. The van der Waals surface area contributed by atoms with E-state index < -0.39 is 0 Å². The van der Waals surface area contributed by atoms with Crippen LogP contribution in [-0.2, 0) is 0 Å². The third-order valence-corrected chi connectivity index (χ3v) is 3.49. The zero-order valence-corrected chi connectivity index (χ0v) is 9.01. The Hall–Kier alpha value is -0.730. The van der Waals surface area contributed by atoms with Gasteiger partial charge >= 0.3 is 0 Å². The van der Waals surface area contributed by atoms with Gasteiger partial charge in [0.1, 0.15) is 0 Å². The normalized spacial score (nSPS) is 22.4. The first kappa shape index (κ1) is 10.4. The second-order valence-corrected chi connectivity index (χ2v) is 3.96. The number of rotatable bonds is 2. The second-order valence-electron chi connectivity index (χ2n) is 3.96. The molecular weight excluding hydrogens is 162 g/mol. The molecule has 0 aromatic heterocycles. The van der Waals surface area contributed by atoms with Gasteiger partial charge in [-0.15, -0.1) is 0 Å². The van der Waals surface area contributed by atoms with E-state index >= 15 is 0 Å². The zero-order valence-electron chi connectivity index (χ0n) is 9.01. The first-order valence-corrected chi connectivity index (χ1v) is 5.14. The van der Waals surface area contributed by atoms with Crippen molar-refractivity contribution < 1.29 is 0 Å². The van der Waals surface area contributed by atoms with Gasteiger partial charge in [-0.3, -0.25) is 4.99 Å². The van der Waals surface area contributed by atoms with E-state index in [4.69, 9.17) is 5.73 Å². The number of nitrogens with two attached hydrogens (primary N) is 1. The average Bonchev–Trinajstić information content (AvgIpc) is 2.61. The Labute approximate surface area is 81.0 Å². The van der Waals surface area contributed by atoms with Crippen LogP contribution in [0.3, 0.4) is 0 Å². The van der Waals surface area contributed by atoms with Crippen molar-refractivity contribution in [2.45, 2.75) is 33.1 Å². The molecule has 0 saturated carbocycles. The fraction of sp³-hybridized carbons (Fsp3) is 0.900. The summed E-state index contributed by atoms with van der Waals surface area (Å²) >= 11 is 0. The molecule has 3 heteroatoms. The molecule has 0 bridgehead atoms. The van der Waals surface area contributed by atoms with Crippen LogP contribution in [0.15, 0.2) is 4.99 Å². The first-order valence-electron chi connectivity index (χ1n) is 5.14. The zero-order chi connectivity index (χ0) is 9.90. The van der Waals surface area contributed by atoms with Crippen molar-refractivity contribution in [3.05, 3.63) is 0 Å². The standard InChI is InChI=1S/C10H21N3/c1-4-10(5-2)6-7-13(8-10)9(11)12-3/h4-8H2,1-3H3,(H2,11,12). The Morgan fingerprint density at radius 3 is 2.46 bits per heavy atom. The van der Waals surface area contributed by atoms with E-state index in [2.05, 4.69) is 23.7 Å². The van der Waals surface area contributed by atoms with E-state index in [1.165, 1.54) is 19.3 Å². The summed E-state index contributed by atoms with van der Waals surface area (Å²) in [5, 5.41) is 0. The van der Waals surface area contributed by atoms with Crippen LogP contribution in [0.4, 0.5) is 0 Å². The highest BCUT2D eigenvalue weighted by molar-refractivity contribution is 5.78. The monoisotopic (exact) mass is 183 g/mol. The summed E-state index contributed by atoms with van der Waals surface area (Å²) in [6.07, 6.45) is 3.75. The molecule has 1 saturated heterocycles. The molecule has 1 heterocycles. The molecule has 0 atom stereocenters. The third-order valence-electron chi connectivity index (χ3n) is 3.49. The topological polar surface area (TPSA) is 41.6 Å². The molecule has 3 nitrogen and oxygen atoms in total. The summed E-state index contributed by atoms with van der Waals surface area (Å²) in [4.78, 5) is 6.23. The summed E-state index contributed by atoms with van der Waals surface area (Å²) in [7, 11) is 1.76. The minimum atomic E-state index is 0.495. The lowest BCUT2D eigenvalue weighted by Gasteiger charge is -2.26. The second kappa shape index (κ2) is 3.99. The molecule has 1 rings (SSSR count). The van der Waals surface area contributed by atoms with Gasteiger partial charge < -0.3 is 10.6 Å². The van der Waals surface area contributed by atoms with Gasteiger partial charge in [0.05, 0.1) is 0 Å². The quantitative estimate of drug-likeness (QED) is 0.520. The van der Waals surface area contributed by atoms with Crippen LogP contribution in [0.5, 0.6) is 0 Å². The molecule has 0 aromatic carbocycles. The number of hydrogen-bond donors (Lipinski definition) is 1. The SMILES string of the molecule is CCC1(CC)CCN(C(N)=NC)C1. The van der Waals surface area contributed by atoms with Crippen LogP contribution >= 0.6 is 0 Å². The van der Waals surface area contributed by atoms with Crippen LogP contribution in [-0.4, -0.2) is 31.0 Å². The van der Waals surface area contributed by atoms with Crippen molar-refractivity contribution in [1.82, 2.24) is 4.90 Å². The number of aliphatic imine (C=N–C) groups is 1. The van der Waals surface area contributed by atoms with Gasteiger partial charge in [0.15, 0.2) is 5.96 Å². The highest BCUT2D eigenvalue weighted by atomic mass is 15.3. The van der Waals surface area contributed by atoms with Gasteiger partial charge in [0.2, 0.25) is 0 Å². The molecule has 1 fully saturated rings. The van der Waals surface area contributed by atoms with Gasteiger partial charge in [-0.25, -0.2) is 0 Å². The highest BCUT2D eigenvalue weighted by Crippen LogP contribution is 2.36. The van der Waals surface area contributed by atoms with Crippen molar-refractivity contribution in [2.75, 3.05) is 20.1 Å². The van der Waals surface area contributed by atoms with E-state index in [9.17, 15) is 0 Å². The molecule has 0 aromatic rings. The molecule has 1 aliphatic heterocycles. The number of guanidine groups is 1. The third kappa shape index (κ3) is 1.95. The van der Waals surface area contributed by atoms with Crippen molar-refractivity contribution >= 4 is 5.96 Å². The van der Waals surface area contributed by atoms with Crippen molar-refractivity contribution in [3.8, 4) is 0 Å². The van der Waals surface area contributed by atoms with Crippen molar-refractivity contribution in [3.63, 3.8) is 0 Å². The van der Waals surface area contributed by atoms with Gasteiger partial charge in [-0.05, 0) is 24.7 Å². The molecule has 1 aliphatic rings. The Balaban J connectivity index is 2.62. The lowest BCUT2D eigenvalue weighted by Crippen LogP contribution is -2.37. The van der Waals surface area contributed by atoms with E-state index in [0.717, 1.165) is 13.1 Å². The molecule has 13 heavy (non-hydrogen) atoms. The molecule has 0 aliphatic carbocycles. The predicted molar refractivity (Wildman–Crippen MR) is 56.8 cm³/mol. The Morgan fingerprint density at radius 1 is 1.46 bits per heavy atom. The molecule has 0 amide bonds. The summed E-state index contributed by atoms with van der Waals surface area (Å²) in [5.74, 6) is 0.698. The average molecular weight is 183 g/mol. The minimum Gasteiger partial charge on any atom is -0.370 e. The largest absolute Gasteiger partial charge is 0.370 e. The maximum Gasteiger partial charge on any atom is 0.190 e. The van der Waals surface area contributed by atoms with Crippen LogP contribution < -0.4 is 5.73 Å². The minimum absolute atomic E-state index is 0.495. The lowest BCUT2D eigenvalue weighted by molar-refractivity contribution is 0.277. The van der Waals surface area contributed by atoms with E-state index in [0.29, 0.717) is 11.4 Å². The Bertz CT molecular complexity index is 194. The number of nitrogens with zero attached hydrogens (tertiary/aromatic N) is 2. The fourth-order valence-electron chi connectivity index (χ4n) is 2.10. The Morgan fingerprint density at radius 2 is 2.08 bits per heavy atom. The lowest BCUT2D eigenvalue weighted by atomic mass is 9.82. The summed E-state index contributed by atoms with van der Waals surface area (Å²) in [6.45, 7) is 6.70. The fourth-order valence-corrected chi connectivity index (χ4v) is 2.10. The van der Waals surface area contributed by atoms with Crippen LogP contribution in [0, 0.1) is 5.41 Å². The van der Waals surface area contributed by atoms with Gasteiger partial charge in [-0.1, -0.05) is 13.8 Å². The molecule has 0 spiro atoms. The summed E-state index contributed by atoms with van der Waals surface area (Å²) in [5.41, 5.74) is 6.28. The van der Waals surface area contributed by atoms with E-state index in [-0.39, 0.29) is 0 Å².